The van der Waals surface area contributed by atoms with E-state index < -0.39 is 0 Å². The maximum atomic E-state index is 8.89. The van der Waals surface area contributed by atoms with Crippen molar-refractivity contribution < 1.29 is 5.11 Å². The summed E-state index contributed by atoms with van der Waals surface area (Å²) in [4.78, 5) is 2.40. The SMILES string of the molecule is NCC1CCC2(CCN(CCO)C2)C1. The fourth-order valence-electron chi connectivity index (χ4n) is 3.26. The van der Waals surface area contributed by atoms with Gasteiger partial charge in [0.25, 0.3) is 0 Å². The van der Waals surface area contributed by atoms with Crippen LogP contribution in [0.25, 0.3) is 0 Å². The van der Waals surface area contributed by atoms with Crippen molar-refractivity contribution in [3.63, 3.8) is 0 Å². The van der Waals surface area contributed by atoms with Crippen LogP contribution in [0.1, 0.15) is 25.7 Å². The molecular weight excluding hydrogens is 176 g/mol. The highest BCUT2D eigenvalue weighted by molar-refractivity contribution is 4.96. The maximum absolute atomic E-state index is 8.89. The van der Waals surface area contributed by atoms with Gasteiger partial charge in [-0.2, -0.15) is 0 Å². The molecule has 1 aliphatic carbocycles. The van der Waals surface area contributed by atoms with Crippen LogP contribution in [0.15, 0.2) is 0 Å². The molecule has 1 saturated heterocycles. The third kappa shape index (κ3) is 1.95. The number of β-amino-alcohol motifs (C(OH)–C–C–N with tert-alkyl or cyclic N) is 1. The fourth-order valence-corrected chi connectivity index (χ4v) is 3.26. The van der Waals surface area contributed by atoms with E-state index in [2.05, 4.69) is 4.90 Å². The molecule has 3 N–H and O–H groups in total. The Hall–Kier alpha value is -0.120. The number of likely N-dealkylation sites (tertiary alicyclic amines) is 1. The zero-order valence-corrected chi connectivity index (χ0v) is 8.91. The van der Waals surface area contributed by atoms with Crippen LogP contribution in [0.3, 0.4) is 0 Å². The summed E-state index contributed by atoms with van der Waals surface area (Å²) in [6.07, 6.45) is 5.33. The van der Waals surface area contributed by atoms with Crippen molar-refractivity contribution >= 4 is 0 Å². The summed E-state index contributed by atoms with van der Waals surface area (Å²) < 4.78 is 0. The molecule has 0 aromatic rings. The summed E-state index contributed by atoms with van der Waals surface area (Å²) in [5.41, 5.74) is 6.29. The summed E-state index contributed by atoms with van der Waals surface area (Å²) in [6.45, 7) is 4.40. The smallest absolute Gasteiger partial charge is 0.0558 e. The van der Waals surface area contributed by atoms with E-state index in [9.17, 15) is 0 Å². The number of hydrogen-bond donors (Lipinski definition) is 2. The zero-order chi connectivity index (χ0) is 10.0. The van der Waals surface area contributed by atoms with Crippen LogP contribution in [0, 0.1) is 11.3 Å². The van der Waals surface area contributed by atoms with Gasteiger partial charge < -0.3 is 15.7 Å². The van der Waals surface area contributed by atoms with Gasteiger partial charge in [-0.15, -0.1) is 0 Å². The molecule has 0 aromatic carbocycles. The summed E-state index contributed by atoms with van der Waals surface area (Å²) in [5.74, 6) is 0.768. The van der Waals surface area contributed by atoms with E-state index in [-0.39, 0.29) is 0 Å². The molecule has 1 saturated carbocycles. The lowest BCUT2D eigenvalue weighted by atomic mass is 9.84. The highest BCUT2D eigenvalue weighted by atomic mass is 16.3. The summed E-state index contributed by atoms with van der Waals surface area (Å²) in [7, 11) is 0. The van der Waals surface area contributed by atoms with Gasteiger partial charge in [0, 0.05) is 13.1 Å². The molecule has 3 nitrogen and oxygen atoms in total. The zero-order valence-electron chi connectivity index (χ0n) is 8.91. The van der Waals surface area contributed by atoms with Crippen molar-refractivity contribution in [2.24, 2.45) is 17.1 Å². The van der Waals surface area contributed by atoms with E-state index in [1.54, 1.807) is 0 Å². The Morgan fingerprint density at radius 3 is 2.93 bits per heavy atom. The van der Waals surface area contributed by atoms with Crippen molar-refractivity contribution in [2.45, 2.75) is 25.7 Å². The number of aliphatic hydroxyl groups is 1. The Balaban J connectivity index is 1.87. The molecule has 2 fully saturated rings. The predicted octanol–water partition coefficient (Wildman–Crippen LogP) is 0.430. The van der Waals surface area contributed by atoms with Gasteiger partial charge in [-0.05, 0) is 50.1 Å². The molecule has 1 heterocycles. The Bertz CT molecular complexity index is 198. The lowest BCUT2D eigenvalue weighted by molar-refractivity contribution is 0.199. The molecule has 0 bridgehead atoms. The van der Waals surface area contributed by atoms with E-state index in [4.69, 9.17) is 10.8 Å². The van der Waals surface area contributed by atoms with Gasteiger partial charge in [0.15, 0.2) is 0 Å². The Kier molecular flexibility index (Phi) is 3.10. The number of rotatable bonds is 3. The minimum atomic E-state index is 0.302. The molecule has 0 amide bonds. The molecule has 82 valence electrons. The minimum Gasteiger partial charge on any atom is -0.395 e. The van der Waals surface area contributed by atoms with Gasteiger partial charge >= 0.3 is 0 Å². The number of nitrogens with two attached hydrogens (primary N) is 1. The van der Waals surface area contributed by atoms with Crippen molar-refractivity contribution in [1.82, 2.24) is 4.90 Å². The normalized spacial score (nSPS) is 38.6. The highest BCUT2D eigenvalue weighted by Gasteiger charge is 2.43. The average Bonchev–Trinajstić information content (AvgIpc) is 2.76. The van der Waals surface area contributed by atoms with Gasteiger partial charge in [0.2, 0.25) is 0 Å². The maximum Gasteiger partial charge on any atom is 0.0558 e. The second-order valence-corrected chi connectivity index (χ2v) is 5.09. The minimum absolute atomic E-state index is 0.302. The molecule has 2 atom stereocenters. The Labute approximate surface area is 86.3 Å². The molecule has 1 aliphatic heterocycles. The second kappa shape index (κ2) is 4.17. The number of hydrogen-bond acceptors (Lipinski definition) is 3. The lowest BCUT2D eigenvalue weighted by Crippen LogP contribution is -2.28. The van der Waals surface area contributed by atoms with Gasteiger partial charge in [-0.3, -0.25) is 0 Å². The van der Waals surface area contributed by atoms with Crippen LogP contribution < -0.4 is 5.73 Å². The lowest BCUT2D eigenvalue weighted by Gasteiger charge is -2.24. The average molecular weight is 198 g/mol. The van der Waals surface area contributed by atoms with Crippen LogP contribution in [0.5, 0.6) is 0 Å². The topological polar surface area (TPSA) is 49.5 Å². The van der Waals surface area contributed by atoms with E-state index in [0.29, 0.717) is 12.0 Å². The van der Waals surface area contributed by atoms with Gasteiger partial charge in [0.1, 0.15) is 0 Å². The van der Waals surface area contributed by atoms with Crippen molar-refractivity contribution in [3.05, 3.63) is 0 Å². The van der Waals surface area contributed by atoms with Gasteiger partial charge in [-0.1, -0.05) is 0 Å². The predicted molar refractivity (Wildman–Crippen MR) is 57.0 cm³/mol. The summed E-state index contributed by atoms with van der Waals surface area (Å²) in [6, 6.07) is 0. The molecule has 2 unspecified atom stereocenters. The Morgan fingerprint density at radius 2 is 2.29 bits per heavy atom. The monoisotopic (exact) mass is 198 g/mol. The van der Waals surface area contributed by atoms with E-state index in [0.717, 1.165) is 19.0 Å². The summed E-state index contributed by atoms with van der Waals surface area (Å²) >= 11 is 0. The largest absolute Gasteiger partial charge is 0.395 e. The van der Waals surface area contributed by atoms with Crippen LogP contribution in [-0.2, 0) is 0 Å². The molecule has 2 rings (SSSR count). The van der Waals surface area contributed by atoms with Crippen molar-refractivity contribution in [1.29, 1.82) is 0 Å². The molecule has 2 aliphatic rings. The van der Waals surface area contributed by atoms with Gasteiger partial charge in [-0.25, -0.2) is 0 Å². The molecule has 0 radical (unpaired) electrons. The highest BCUT2D eigenvalue weighted by Crippen LogP contribution is 2.47. The molecular formula is C11H22N2O. The number of nitrogens with zero attached hydrogens (tertiary/aromatic N) is 1. The third-order valence-corrected chi connectivity index (χ3v) is 4.07. The van der Waals surface area contributed by atoms with Crippen molar-refractivity contribution in [3.8, 4) is 0 Å². The van der Waals surface area contributed by atoms with Crippen LogP contribution in [0.2, 0.25) is 0 Å². The Morgan fingerprint density at radius 1 is 1.43 bits per heavy atom. The standard InChI is InChI=1S/C11H22N2O/c12-8-10-1-2-11(7-10)3-4-13(9-11)5-6-14/h10,14H,1-9,12H2. The molecule has 0 aromatic heterocycles. The first-order valence-electron chi connectivity index (χ1n) is 5.81. The van der Waals surface area contributed by atoms with Crippen LogP contribution in [-0.4, -0.2) is 42.8 Å². The quantitative estimate of drug-likeness (QED) is 0.691. The van der Waals surface area contributed by atoms with Gasteiger partial charge in [0.05, 0.1) is 6.61 Å². The van der Waals surface area contributed by atoms with E-state index in [1.807, 2.05) is 0 Å². The number of aliphatic hydroxyl groups excluding tert-OH is 1. The first-order valence-corrected chi connectivity index (χ1v) is 5.81. The fraction of sp³-hybridized carbons (Fsp3) is 1.00. The van der Waals surface area contributed by atoms with Crippen LogP contribution >= 0.6 is 0 Å². The molecule has 3 heteroatoms. The molecule has 14 heavy (non-hydrogen) atoms. The molecule has 1 spiro atoms. The second-order valence-electron chi connectivity index (χ2n) is 5.09. The van der Waals surface area contributed by atoms with Crippen LogP contribution in [0.4, 0.5) is 0 Å². The van der Waals surface area contributed by atoms with E-state index in [1.165, 1.54) is 38.8 Å². The first-order chi connectivity index (χ1) is 6.78. The third-order valence-electron chi connectivity index (χ3n) is 4.07. The van der Waals surface area contributed by atoms with Crippen molar-refractivity contribution in [2.75, 3.05) is 32.8 Å². The summed E-state index contributed by atoms with van der Waals surface area (Å²) in [5, 5.41) is 8.89. The van der Waals surface area contributed by atoms with E-state index >= 15 is 0 Å². The first kappa shape index (κ1) is 10.4.